The smallest absolute Gasteiger partial charge is 0.133 e. The van der Waals surface area contributed by atoms with Crippen molar-refractivity contribution >= 4 is 28.4 Å². The number of para-hydroxylation sites is 1. The van der Waals surface area contributed by atoms with E-state index >= 15 is 0 Å². The summed E-state index contributed by atoms with van der Waals surface area (Å²) in [5.74, 6) is 1.14. The third kappa shape index (κ3) is 2.13. The summed E-state index contributed by atoms with van der Waals surface area (Å²) in [6.07, 6.45) is 1.03. The van der Waals surface area contributed by atoms with Gasteiger partial charge in [-0.1, -0.05) is 36.4 Å². The van der Waals surface area contributed by atoms with Crippen LogP contribution >= 0.6 is 22.6 Å². The Morgan fingerprint density at radius 1 is 1.09 bits per heavy atom. The molecule has 2 heterocycles. The molecule has 1 aliphatic rings. The van der Waals surface area contributed by atoms with Crippen LogP contribution in [0.2, 0.25) is 0 Å². The van der Waals surface area contributed by atoms with E-state index in [0.29, 0.717) is 0 Å². The lowest BCUT2D eigenvalue weighted by molar-refractivity contribution is 0.875. The van der Waals surface area contributed by atoms with Gasteiger partial charge in [-0.15, -0.1) is 0 Å². The Balaban J connectivity index is 1.95. The molecule has 110 valence electrons. The fourth-order valence-electron chi connectivity index (χ4n) is 3.02. The van der Waals surface area contributed by atoms with E-state index in [9.17, 15) is 0 Å². The Morgan fingerprint density at radius 3 is 2.68 bits per heavy atom. The molecule has 0 saturated carbocycles. The van der Waals surface area contributed by atoms with Crippen molar-refractivity contribution in [1.29, 1.82) is 0 Å². The Bertz CT molecular complexity index is 783. The minimum atomic E-state index is 0.982. The number of halogens is 1. The van der Waals surface area contributed by atoms with Crippen LogP contribution in [-0.4, -0.2) is 16.3 Å². The highest BCUT2D eigenvalue weighted by atomic mass is 127. The first-order chi connectivity index (χ1) is 10.8. The van der Waals surface area contributed by atoms with Crippen molar-refractivity contribution in [3.05, 3.63) is 63.2 Å². The number of hydrogen-bond acceptors (Lipinski definition) is 2. The van der Waals surface area contributed by atoms with Crippen molar-refractivity contribution in [1.82, 2.24) is 9.78 Å². The van der Waals surface area contributed by atoms with E-state index in [4.69, 9.17) is 5.10 Å². The standard InChI is InChI=1S/C18H16IN3/c1-12-6-2-5-9-16(12)22-18-14(10-11-20-18)17(21-22)13-7-3-4-8-15(13)19/h2-9,20H,10-11H2,1H3. The Kier molecular flexibility index (Phi) is 3.41. The van der Waals surface area contributed by atoms with Gasteiger partial charge in [0.1, 0.15) is 5.82 Å². The van der Waals surface area contributed by atoms with Crippen LogP contribution < -0.4 is 5.32 Å². The van der Waals surface area contributed by atoms with Crippen LogP contribution in [0.15, 0.2) is 48.5 Å². The van der Waals surface area contributed by atoms with Gasteiger partial charge in [-0.05, 0) is 53.6 Å². The van der Waals surface area contributed by atoms with Crippen LogP contribution in [0.25, 0.3) is 16.9 Å². The van der Waals surface area contributed by atoms with Crippen LogP contribution in [0.3, 0.4) is 0 Å². The molecule has 0 bridgehead atoms. The molecule has 0 aliphatic carbocycles. The van der Waals surface area contributed by atoms with E-state index in [1.54, 1.807) is 0 Å². The molecule has 1 N–H and O–H groups in total. The first-order valence-electron chi connectivity index (χ1n) is 7.42. The number of hydrogen-bond donors (Lipinski definition) is 1. The first-order valence-corrected chi connectivity index (χ1v) is 8.50. The molecule has 0 spiro atoms. The topological polar surface area (TPSA) is 29.9 Å². The Morgan fingerprint density at radius 2 is 1.86 bits per heavy atom. The molecular formula is C18H16IN3. The maximum Gasteiger partial charge on any atom is 0.133 e. The van der Waals surface area contributed by atoms with Crippen molar-refractivity contribution in [2.24, 2.45) is 0 Å². The van der Waals surface area contributed by atoms with Gasteiger partial charge in [-0.2, -0.15) is 5.10 Å². The molecule has 0 atom stereocenters. The summed E-state index contributed by atoms with van der Waals surface area (Å²) in [7, 11) is 0. The zero-order chi connectivity index (χ0) is 15.1. The fraction of sp³-hybridized carbons (Fsp3) is 0.167. The number of nitrogens with one attached hydrogen (secondary N) is 1. The zero-order valence-corrected chi connectivity index (χ0v) is 14.5. The quantitative estimate of drug-likeness (QED) is 0.645. The summed E-state index contributed by atoms with van der Waals surface area (Å²) >= 11 is 2.39. The van der Waals surface area contributed by atoms with E-state index in [1.165, 1.54) is 20.3 Å². The maximum absolute atomic E-state index is 4.94. The maximum atomic E-state index is 4.94. The first kappa shape index (κ1) is 13.8. The number of rotatable bonds is 2. The average Bonchev–Trinajstić information content (AvgIpc) is 3.11. The summed E-state index contributed by atoms with van der Waals surface area (Å²) in [5.41, 5.74) is 6.03. The second kappa shape index (κ2) is 5.43. The van der Waals surface area contributed by atoms with E-state index in [-0.39, 0.29) is 0 Å². The van der Waals surface area contributed by atoms with Crippen molar-refractivity contribution in [3.63, 3.8) is 0 Å². The largest absolute Gasteiger partial charge is 0.369 e. The predicted octanol–water partition coefficient (Wildman–Crippen LogP) is 4.42. The molecule has 3 nitrogen and oxygen atoms in total. The van der Waals surface area contributed by atoms with Gasteiger partial charge in [0.25, 0.3) is 0 Å². The number of anilines is 1. The second-order valence-electron chi connectivity index (χ2n) is 5.53. The third-order valence-corrected chi connectivity index (χ3v) is 5.06. The molecule has 0 radical (unpaired) electrons. The summed E-state index contributed by atoms with van der Waals surface area (Å²) < 4.78 is 3.31. The van der Waals surface area contributed by atoms with Crippen molar-refractivity contribution < 1.29 is 0 Å². The number of nitrogens with zero attached hydrogens (tertiary/aromatic N) is 2. The predicted molar refractivity (Wildman–Crippen MR) is 98.6 cm³/mol. The minimum absolute atomic E-state index is 0.982. The lowest BCUT2D eigenvalue weighted by atomic mass is 10.1. The van der Waals surface area contributed by atoms with E-state index in [1.807, 2.05) is 0 Å². The van der Waals surface area contributed by atoms with Gasteiger partial charge < -0.3 is 5.32 Å². The molecule has 1 aromatic heterocycles. The minimum Gasteiger partial charge on any atom is -0.369 e. The molecule has 0 unspecified atom stereocenters. The Hall–Kier alpha value is -1.82. The van der Waals surface area contributed by atoms with Crippen LogP contribution in [0.5, 0.6) is 0 Å². The monoisotopic (exact) mass is 401 g/mol. The molecule has 0 saturated heterocycles. The third-order valence-electron chi connectivity index (χ3n) is 4.12. The lowest BCUT2D eigenvalue weighted by Gasteiger charge is -2.09. The molecule has 0 fully saturated rings. The van der Waals surface area contributed by atoms with E-state index < -0.39 is 0 Å². The number of aromatic nitrogens is 2. The number of aryl methyl sites for hydroxylation is 1. The van der Waals surface area contributed by atoms with Gasteiger partial charge in [-0.25, -0.2) is 4.68 Å². The van der Waals surface area contributed by atoms with Gasteiger partial charge in [0, 0.05) is 21.2 Å². The molecule has 1 aliphatic heterocycles. The van der Waals surface area contributed by atoms with Gasteiger partial charge in [0.15, 0.2) is 0 Å². The van der Waals surface area contributed by atoms with Gasteiger partial charge in [0.05, 0.1) is 11.4 Å². The molecule has 0 amide bonds. The normalized spacial score (nSPS) is 13.0. The van der Waals surface area contributed by atoms with Crippen LogP contribution in [0.1, 0.15) is 11.1 Å². The highest BCUT2D eigenvalue weighted by Crippen LogP contribution is 2.36. The second-order valence-corrected chi connectivity index (χ2v) is 6.69. The van der Waals surface area contributed by atoms with Crippen molar-refractivity contribution in [3.8, 4) is 16.9 Å². The van der Waals surface area contributed by atoms with Gasteiger partial charge in [-0.3, -0.25) is 0 Å². The Labute approximate surface area is 143 Å². The molecule has 2 aromatic carbocycles. The molecule has 22 heavy (non-hydrogen) atoms. The van der Waals surface area contributed by atoms with E-state index in [0.717, 1.165) is 30.2 Å². The summed E-state index contributed by atoms with van der Waals surface area (Å²) in [4.78, 5) is 0. The summed E-state index contributed by atoms with van der Waals surface area (Å²) in [6.45, 7) is 3.11. The lowest BCUT2D eigenvalue weighted by Crippen LogP contribution is -2.05. The van der Waals surface area contributed by atoms with Gasteiger partial charge in [0.2, 0.25) is 0 Å². The average molecular weight is 401 g/mol. The summed E-state index contributed by atoms with van der Waals surface area (Å²) in [5, 5.41) is 8.45. The van der Waals surface area contributed by atoms with Crippen LogP contribution in [0.4, 0.5) is 5.82 Å². The molecule has 4 rings (SSSR count). The van der Waals surface area contributed by atoms with E-state index in [2.05, 4.69) is 88.0 Å². The highest BCUT2D eigenvalue weighted by Gasteiger charge is 2.25. The highest BCUT2D eigenvalue weighted by molar-refractivity contribution is 14.1. The van der Waals surface area contributed by atoms with Crippen LogP contribution in [0, 0.1) is 10.5 Å². The molecular weight excluding hydrogens is 385 g/mol. The molecule has 4 heteroatoms. The summed E-state index contributed by atoms with van der Waals surface area (Å²) in [6, 6.07) is 16.8. The number of fused-ring (bicyclic) bond motifs is 1. The van der Waals surface area contributed by atoms with Crippen LogP contribution in [-0.2, 0) is 6.42 Å². The zero-order valence-electron chi connectivity index (χ0n) is 12.3. The van der Waals surface area contributed by atoms with Crippen molar-refractivity contribution in [2.45, 2.75) is 13.3 Å². The molecule has 3 aromatic rings. The SMILES string of the molecule is Cc1ccccc1-n1nc(-c2ccccc2I)c2c1NCC2. The van der Waals surface area contributed by atoms with Crippen molar-refractivity contribution in [2.75, 3.05) is 11.9 Å². The van der Waals surface area contributed by atoms with Gasteiger partial charge >= 0.3 is 0 Å². The fourth-order valence-corrected chi connectivity index (χ4v) is 3.66. The number of benzene rings is 2.